The Bertz CT molecular complexity index is 531. The summed E-state index contributed by atoms with van der Waals surface area (Å²) in [6.45, 7) is 5.56. The van der Waals surface area contributed by atoms with Crippen LogP contribution in [0, 0.1) is 0 Å². The van der Waals surface area contributed by atoms with Crippen molar-refractivity contribution in [3.63, 3.8) is 0 Å². The van der Waals surface area contributed by atoms with Crippen LogP contribution in [-0.4, -0.2) is 86.7 Å². The fraction of sp³-hybridized carbons (Fsp3) is 1.00. The van der Waals surface area contributed by atoms with Crippen LogP contribution in [0.15, 0.2) is 0 Å². The van der Waals surface area contributed by atoms with E-state index in [0.29, 0.717) is 13.2 Å². The van der Waals surface area contributed by atoms with Gasteiger partial charge in [0.05, 0.1) is 31.7 Å². The number of unbranched alkanes of at least 4 members (excludes halogenated alkanes) is 6. The first-order chi connectivity index (χ1) is 13.6. The lowest BCUT2D eigenvalue weighted by molar-refractivity contribution is -0.165. The molecule has 174 valence electrons. The number of hydrogen-bond acceptors (Lipinski definition) is 7. The minimum Gasteiger partial charge on any atom is -0.389 e. The van der Waals surface area contributed by atoms with Crippen LogP contribution in [0.5, 0.6) is 0 Å². The molecule has 0 bridgehead atoms. The molecular formula is C20H41NO7S. The highest BCUT2D eigenvalue weighted by atomic mass is 32.2. The monoisotopic (exact) mass is 439 g/mol. The number of ether oxygens (including phenoxy) is 3. The molecule has 0 aromatic carbocycles. The fourth-order valence-electron chi connectivity index (χ4n) is 3.42. The van der Waals surface area contributed by atoms with Gasteiger partial charge in [0.2, 0.25) is 0 Å². The Balaban J connectivity index is 2.11. The number of likely N-dealkylation sites (N-methyl/N-ethyl adjacent to an activating group) is 1. The third kappa shape index (κ3) is 13.6. The predicted molar refractivity (Wildman–Crippen MR) is 113 cm³/mol. The van der Waals surface area contributed by atoms with Crippen molar-refractivity contribution in [2.24, 2.45) is 0 Å². The van der Waals surface area contributed by atoms with E-state index in [9.17, 15) is 13.5 Å². The van der Waals surface area contributed by atoms with Crippen molar-refractivity contribution in [1.82, 2.24) is 4.90 Å². The standard InChI is InChI=1S/C20H41NO7S/c1-4-5-6-7-8-9-10-11-20(2)27-17-19(28-20)16-26-15-18(22)14-21(3)12-13-29(23,24)25/h18-19,22H,4-17H2,1-3H3,(H,23,24,25). The molecule has 0 aromatic rings. The molecule has 3 atom stereocenters. The zero-order valence-corrected chi connectivity index (χ0v) is 19.2. The second-order valence-electron chi connectivity index (χ2n) is 8.30. The number of hydrogen-bond donors (Lipinski definition) is 2. The van der Waals surface area contributed by atoms with Crippen LogP contribution in [0.3, 0.4) is 0 Å². The maximum Gasteiger partial charge on any atom is 0.266 e. The Labute approximate surface area is 176 Å². The molecule has 1 saturated heterocycles. The molecule has 0 spiro atoms. The third-order valence-electron chi connectivity index (χ3n) is 5.09. The van der Waals surface area contributed by atoms with Crippen LogP contribution < -0.4 is 0 Å². The highest BCUT2D eigenvalue weighted by molar-refractivity contribution is 7.85. The van der Waals surface area contributed by atoms with Gasteiger partial charge in [-0.25, -0.2) is 0 Å². The summed E-state index contributed by atoms with van der Waals surface area (Å²) in [5, 5.41) is 10.00. The van der Waals surface area contributed by atoms with Crippen LogP contribution >= 0.6 is 0 Å². The largest absolute Gasteiger partial charge is 0.389 e. The molecule has 29 heavy (non-hydrogen) atoms. The molecule has 0 aromatic heterocycles. The summed E-state index contributed by atoms with van der Waals surface area (Å²) in [6, 6.07) is 0. The number of aliphatic hydroxyl groups excluding tert-OH is 1. The van der Waals surface area contributed by atoms with Crippen LogP contribution in [0.1, 0.15) is 65.2 Å². The molecule has 1 aliphatic rings. The smallest absolute Gasteiger partial charge is 0.266 e. The van der Waals surface area contributed by atoms with Gasteiger partial charge in [-0.3, -0.25) is 4.55 Å². The molecule has 9 heteroatoms. The van der Waals surface area contributed by atoms with Gasteiger partial charge in [0, 0.05) is 19.5 Å². The van der Waals surface area contributed by atoms with Gasteiger partial charge < -0.3 is 24.2 Å². The number of rotatable bonds is 17. The zero-order valence-electron chi connectivity index (χ0n) is 18.3. The van der Waals surface area contributed by atoms with E-state index in [0.717, 1.165) is 12.8 Å². The first-order valence-corrected chi connectivity index (χ1v) is 12.5. The van der Waals surface area contributed by atoms with Crippen molar-refractivity contribution in [2.75, 3.05) is 45.7 Å². The topological polar surface area (TPSA) is 106 Å². The molecule has 1 aliphatic heterocycles. The van der Waals surface area contributed by atoms with Crippen molar-refractivity contribution < 1.29 is 32.3 Å². The molecule has 0 saturated carbocycles. The lowest BCUT2D eigenvalue weighted by atomic mass is 10.1. The number of nitrogens with zero attached hydrogens (tertiary/aromatic N) is 1. The molecule has 8 nitrogen and oxygen atoms in total. The summed E-state index contributed by atoms with van der Waals surface area (Å²) in [6.07, 6.45) is 8.74. The van der Waals surface area contributed by atoms with Crippen LogP contribution in [-0.2, 0) is 24.3 Å². The Kier molecular flexibility index (Phi) is 12.8. The summed E-state index contributed by atoms with van der Waals surface area (Å²) in [7, 11) is -2.32. The van der Waals surface area contributed by atoms with Gasteiger partial charge in [-0.2, -0.15) is 8.42 Å². The first-order valence-electron chi connectivity index (χ1n) is 10.8. The summed E-state index contributed by atoms with van der Waals surface area (Å²) in [5.74, 6) is -0.909. The van der Waals surface area contributed by atoms with Gasteiger partial charge in [0.15, 0.2) is 5.79 Å². The average molecular weight is 440 g/mol. The highest BCUT2D eigenvalue weighted by Gasteiger charge is 2.36. The molecular weight excluding hydrogens is 398 g/mol. The molecule has 0 amide bonds. The predicted octanol–water partition coefficient (Wildman–Crippen LogP) is 2.46. The third-order valence-corrected chi connectivity index (χ3v) is 5.79. The Hall–Kier alpha value is -0.290. The van der Waals surface area contributed by atoms with Gasteiger partial charge in [-0.15, -0.1) is 0 Å². The minimum absolute atomic E-state index is 0.130. The van der Waals surface area contributed by atoms with Crippen molar-refractivity contribution in [2.45, 2.75) is 83.2 Å². The van der Waals surface area contributed by atoms with E-state index in [1.165, 1.54) is 38.5 Å². The van der Waals surface area contributed by atoms with E-state index in [1.807, 2.05) is 6.92 Å². The number of aliphatic hydroxyl groups is 1. The van der Waals surface area contributed by atoms with Crippen molar-refractivity contribution >= 4 is 10.1 Å². The lowest BCUT2D eigenvalue weighted by Gasteiger charge is -2.23. The van der Waals surface area contributed by atoms with Crippen molar-refractivity contribution in [3.8, 4) is 0 Å². The summed E-state index contributed by atoms with van der Waals surface area (Å²) < 4.78 is 47.6. The van der Waals surface area contributed by atoms with Gasteiger partial charge in [-0.1, -0.05) is 45.4 Å². The van der Waals surface area contributed by atoms with Crippen LogP contribution in [0.4, 0.5) is 0 Å². The maximum atomic E-state index is 10.7. The van der Waals surface area contributed by atoms with Gasteiger partial charge in [0.1, 0.15) is 6.10 Å². The SMILES string of the molecule is CCCCCCCCCC1(C)OCC(COCC(O)CN(C)CCS(=O)(=O)O)O1. The molecule has 2 N–H and O–H groups in total. The molecule has 1 heterocycles. The summed E-state index contributed by atoms with van der Waals surface area (Å²) in [4.78, 5) is 1.64. The van der Waals surface area contributed by atoms with Gasteiger partial charge in [0.25, 0.3) is 10.1 Å². The Morgan fingerprint density at radius 2 is 1.86 bits per heavy atom. The van der Waals surface area contributed by atoms with E-state index in [1.54, 1.807) is 11.9 Å². The van der Waals surface area contributed by atoms with E-state index in [-0.39, 0.29) is 31.6 Å². The zero-order chi connectivity index (χ0) is 21.8. The quantitative estimate of drug-likeness (QED) is 0.263. The highest BCUT2D eigenvalue weighted by Crippen LogP contribution is 2.29. The molecule has 1 fully saturated rings. The van der Waals surface area contributed by atoms with Crippen LogP contribution in [0.25, 0.3) is 0 Å². The van der Waals surface area contributed by atoms with E-state index in [2.05, 4.69) is 6.92 Å². The summed E-state index contributed by atoms with van der Waals surface area (Å²) >= 11 is 0. The van der Waals surface area contributed by atoms with Crippen LogP contribution in [0.2, 0.25) is 0 Å². The van der Waals surface area contributed by atoms with Gasteiger partial charge >= 0.3 is 0 Å². The van der Waals surface area contributed by atoms with Gasteiger partial charge in [-0.05, 0) is 20.4 Å². The molecule has 0 radical (unpaired) electrons. The maximum absolute atomic E-state index is 10.7. The second-order valence-corrected chi connectivity index (χ2v) is 9.87. The minimum atomic E-state index is -3.99. The molecule has 3 unspecified atom stereocenters. The fourth-order valence-corrected chi connectivity index (χ4v) is 3.96. The summed E-state index contributed by atoms with van der Waals surface area (Å²) in [5.41, 5.74) is 0. The Morgan fingerprint density at radius 3 is 2.52 bits per heavy atom. The molecule has 1 rings (SSSR count). The van der Waals surface area contributed by atoms with E-state index >= 15 is 0 Å². The van der Waals surface area contributed by atoms with E-state index in [4.69, 9.17) is 18.8 Å². The average Bonchev–Trinajstić information content (AvgIpc) is 3.00. The normalized spacial score (nSPS) is 23.7. The second kappa shape index (κ2) is 13.9. The first kappa shape index (κ1) is 26.7. The Morgan fingerprint density at radius 1 is 1.21 bits per heavy atom. The van der Waals surface area contributed by atoms with E-state index < -0.39 is 22.0 Å². The molecule has 0 aliphatic carbocycles. The van der Waals surface area contributed by atoms with Crippen molar-refractivity contribution in [1.29, 1.82) is 0 Å². The van der Waals surface area contributed by atoms with Crippen molar-refractivity contribution in [3.05, 3.63) is 0 Å². The lowest BCUT2D eigenvalue weighted by Crippen LogP contribution is -2.36.